The lowest BCUT2D eigenvalue weighted by molar-refractivity contribution is -0.170. The molecule has 0 amide bonds. The molecule has 0 aromatic rings. The minimum Gasteiger partial charge on any atom is -0.457 e. The number of epoxide rings is 2. The summed E-state index contributed by atoms with van der Waals surface area (Å²) in [5.74, 6) is -1.32. The topological polar surface area (TPSA) is 96.1 Å². The third kappa shape index (κ3) is 7.48. The van der Waals surface area contributed by atoms with Crippen LogP contribution in [0.1, 0.15) is 51.4 Å². The Hall–Kier alpha value is -1.22. The SMILES string of the molecule is O=C(OCC1CCCC(OCC2CO2)C1)C(=O)OCC1CCCC(OCC2CO2)C1. The van der Waals surface area contributed by atoms with Crippen LogP contribution in [0.25, 0.3) is 0 Å². The van der Waals surface area contributed by atoms with Crippen molar-refractivity contribution in [3.8, 4) is 0 Å². The van der Waals surface area contributed by atoms with Crippen LogP contribution in [0.4, 0.5) is 0 Å². The average Bonchev–Trinajstić information content (AvgIpc) is 3.68. The Morgan fingerprint density at radius 1 is 0.667 bits per heavy atom. The molecule has 0 spiro atoms. The standard InChI is InChI=1S/C22H34O8/c23-21(29-9-15-3-1-5-17(7-15)25-11-19-13-27-19)22(24)30-10-16-4-2-6-18(8-16)26-12-20-14-28-20/h15-20H,1-14H2. The summed E-state index contributed by atoms with van der Waals surface area (Å²) in [6, 6.07) is 0. The zero-order chi connectivity index (χ0) is 20.8. The van der Waals surface area contributed by atoms with Crippen LogP contribution in [0.3, 0.4) is 0 Å². The van der Waals surface area contributed by atoms with Crippen molar-refractivity contribution in [2.75, 3.05) is 39.6 Å². The molecule has 4 fully saturated rings. The van der Waals surface area contributed by atoms with Crippen LogP contribution in [0.5, 0.6) is 0 Å². The molecule has 30 heavy (non-hydrogen) atoms. The molecule has 6 atom stereocenters. The van der Waals surface area contributed by atoms with Crippen molar-refractivity contribution in [2.24, 2.45) is 11.8 Å². The van der Waals surface area contributed by atoms with Gasteiger partial charge in [0.1, 0.15) is 12.2 Å². The van der Waals surface area contributed by atoms with E-state index in [0.717, 1.165) is 64.6 Å². The van der Waals surface area contributed by atoms with E-state index in [9.17, 15) is 9.59 Å². The van der Waals surface area contributed by atoms with E-state index in [0.29, 0.717) is 13.2 Å². The fraction of sp³-hybridized carbons (Fsp3) is 0.909. The van der Waals surface area contributed by atoms with Gasteiger partial charge in [0.05, 0.1) is 51.8 Å². The van der Waals surface area contributed by atoms with E-state index in [4.69, 9.17) is 28.4 Å². The molecule has 0 N–H and O–H groups in total. The first kappa shape index (κ1) is 22.0. The van der Waals surface area contributed by atoms with E-state index in [2.05, 4.69) is 0 Å². The molecular formula is C22H34O8. The predicted molar refractivity (Wildman–Crippen MR) is 105 cm³/mol. The Bertz CT molecular complexity index is 523. The molecule has 4 rings (SSSR count). The van der Waals surface area contributed by atoms with Gasteiger partial charge in [-0.25, -0.2) is 9.59 Å². The maximum Gasteiger partial charge on any atom is 0.417 e. The molecule has 0 aromatic carbocycles. The lowest BCUT2D eigenvalue weighted by Gasteiger charge is -2.29. The third-order valence-electron chi connectivity index (χ3n) is 6.38. The van der Waals surface area contributed by atoms with Gasteiger partial charge in [0, 0.05) is 0 Å². The first-order valence-corrected chi connectivity index (χ1v) is 11.5. The van der Waals surface area contributed by atoms with Crippen LogP contribution in [0.2, 0.25) is 0 Å². The van der Waals surface area contributed by atoms with Gasteiger partial charge in [-0.15, -0.1) is 0 Å². The van der Waals surface area contributed by atoms with Gasteiger partial charge in [0.15, 0.2) is 0 Å². The van der Waals surface area contributed by atoms with Gasteiger partial charge in [-0.1, -0.05) is 12.8 Å². The maximum absolute atomic E-state index is 12.0. The van der Waals surface area contributed by atoms with Crippen LogP contribution in [0, 0.1) is 11.8 Å². The highest BCUT2D eigenvalue weighted by molar-refractivity contribution is 6.29. The number of carbonyl (C=O) groups excluding carboxylic acids is 2. The summed E-state index contributed by atoms with van der Waals surface area (Å²) >= 11 is 0. The lowest BCUT2D eigenvalue weighted by atomic mass is 9.87. The van der Waals surface area contributed by atoms with Crippen LogP contribution in [-0.4, -0.2) is 76.0 Å². The number of esters is 2. The van der Waals surface area contributed by atoms with Gasteiger partial charge in [-0.2, -0.15) is 0 Å². The largest absolute Gasteiger partial charge is 0.457 e. The molecule has 8 heteroatoms. The van der Waals surface area contributed by atoms with Crippen LogP contribution in [0.15, 0.2) is 0 Å². The molecule has 6 unspecified atom stereocenters. The van der Waals surface area contributed by atoms with Crippen LogP contribution in [-0.2, 0) is 38.0 Å². The van der Waals surface area contributed by atoms with E-state index in [1.54, 1.807) is 0 Å². The third-order valence-corrected chi connectivity index (χ3v) is 6.38. The van der Waals surface area contributed by atoms with Crippen molar-refractivity contribution in [3.05, 3.63) is 0 Å². The van der Waals surface area contributed by atoms with E-state index in [1.807, 2.05) is 0 Å². The van der Waals surface area contributed by atoms with Gasteiger partial charge >= 0.3 is 11.9 Å². The van der Waals surface area contributed by atoms with Gasteiger partial charge < -0.3 is 28.4 Å². The van der Waals surface area contributed by atoms with Crippen molar-refractivity contribution in [1.82, 2.24) is 0 Å². The van der Waals surface area contributed by atoms with Crippen molar-refractivity contribution in [2.45, 2.75) is 75.8 Å². The molecule has 170 valence electrons. The summed E-state index contributed by atoms with van der Waals surface area (Å²) in [6.45, 7) is 3.36. The van der Waals surface area contributed by atoms with E-state index >= 15 is 0 Å². The first-order chi connectivity index (χ1) is 14.7. The van der Waals surface area contributed by atoms with Gasteiger partial charge in [-0.3, -0.25) is 0 Å². The minimum absolute atomic E-state index is 0.187. The molecule has 8 nitrogen and oxygen atoms in total. The van der Waals surface area contributed by atoms with Crippen LogP contribution < -0.4 is 0 Å². The molecule has 0 aromatic heterocycles. The second-order valence-electron chi connectivity index (χ2n) is 9.08. The zero-order valence-corrected chi connectivity index (χ0v) is 17.6. The molecular weight excluding hydrogens is 392 g/mol. The van der Waals surface area contributed by atoms with Crippen molar-refractivity contribution >= 4 is 11.9 Å². The number of ether oxygens (including phenoxy) is 6. The number of rotatable bonds is 10. The molecule has 0 bridgehead atoms. The summed E-state index contributed by atoms with van der Waals surface area (Å²) in [4.78, 5) is 24.1. The van der Waals surface area contributed by atoms with Crippen LogP contribution >= 0.6 is 0 Å². The molecule has 0 radical (unpaired) electrons. The summed E-state index contributed by atoms with van der Waals surface area (Å²) in [7, 11) is 0. The quantitative estimate of drug-likeness (QED) is 0.297. The Morgan fingerprint density at radius 2 is 1.10 bits per heavy atom. The Labute approximate surface area is 177 Å². The molecule has 4 aliphatic rings. The average molecular weight is 427 g/mol. The number of carbonyl (C=O) groups is 2. The first-order valence-electron chi connectivity index (χ1n) is 11.5. The summed E-state index contributed by atoms with van der Waals surface area (Å²) in [6.07, 6.45) is 8.70. The minimum atomic E-state index is -0.890. The fourth-order valence-electron chi connectivity index (χ4n) is 4.41. The van der Waals surface area contributed by atoms with E-state index < -0.39 is 11.9 Å². The smallest absolute Gasteiger partial charge is 0.417 e. The molecule has 2 aliphatic carbocycles. The highest BCUT2D eigenvalue weighted by Crippen LogP contribution is 2.29. The summed E-state index contributed by atoms with van der Waals surface area (Å²) < 4.78 is 32.5. The number of hydrogen-bond acceptors (Lipinski definition) is 8. The predicted octanol–water partition coefficient (Wildman–Crippen LogP) is 2.02. The number of hydrogen-bond donors (Lipinski definition) is 0. The Morgan fingerprint density at radius 3 is 1.50 bits per heavy atom. The second kappa shape index (κ2) is 10.9. The lowest BCUT2D eigenvalue weighted by Crippen LogP contribution is -2.31. The second-order valence-corrected chi connectivity index (χ2v) is 9.08. The van der Waals surface area contributed by atoms with Crippen molar-refractivity contribution in [1.29, 1.82) is 0 Å². The monoisotopic (exact) mass is 426 g/mol. The van der Waals surface area contributed by atoms with E-state index in [1.165, 1.54) is 0 Å². The maximum atomic E-state index is 12.0. The van der Waals surface area contributed by atoms with Gasteiger partial charge in [-0.05, 0) is 50.4 Å². The Kier molecular flexibility index (Phi) is 7.98. The van der Waals surface area contributed by atoms with Crippen molar-refractivity contribution in [3.63, 3.8) is 0 Å². The molecule has 2 saturated heterocycles. The molecule has 2 saturated carbocycles. The fourth-order valence-corrected chi connectivity index (χ4v) is 4.41. The molecule has 2 aliphatic heterocycles. The van der Waals surface area contributed by atoms with E-state index in [-0.39, 0.29) is 49.5 Å². The Balaban J connectivity index is 1.08. The summed E-state index contributed by atoms with van der Waals surface area (Å²) in [5, 5.41) is 0. The molecule has 2 heterocycles. The normalized spacial score (nSPS) is 35.5. The zero-order valence-electron chi connectivity index (χ0n) is 17.6. The van der Waals surface area contributed by atoms with Gasteiger partial charge in [0.2, 0.25) is 0 Å². The van der Waals surface area contributed by atoms with Crippen molar-refractivity contribution < 1.29 is 38.0 Å². The summed E-state index contributed by atoms with van der Waals surface area (Å²) in [5.41, 5.74) is 0. The van der Waals surface area contributed by atoms with Gasteiger partial charge in [0.25, 0.3) is 0 Å². The highest BCUT2D eigenvalue weighted by atomic mass is 16.6. The highest BCUT2D eigenvalue weighted by Gasteiger charge is 2.30.